The molecule has 0 aliphatic rings. The summed E-state index contributed by atoms with van der Waals surface area (Å²) < 4.78 is 8.32. The topological polar surface area (TPSA) is 26.5 Å². The van der Waals surface area contributed by atoms with Gasteiger partial charge in [-0.05, 0) is 46.3 Å². The minimum Gasteiger partial charge on any atom is -0.496 e. The van der Waals surface area contributed by atoms with Crippen LogP contribution in [0.15, 0.2) is 47.2 Å². The predicted molar refractivity (Wildman–Crippen MR) is 79.9 cm³/mol. The Labute approximate surface area is 123 Å². The van der Waals surface area contributed by atoms with Crippen LogP contribution in [0.1, 0.15) is 0 Å². The number of nitrogens with zero attached hydrogens (tertiary/aromatic N) is 2. The molecule has 0 atom stereocenters. The van der Waals surface area contributed by atoms with Crippen LogP contribution in [-0.4, -0.2) is 16.5 Å². The second-order valence-corrected chi connectivity index (χ2v) is 5.44. The third kappa shape index (κ3) is 2.33. The van der Waals surface area contributed by atoms with Crippen LogP contribution in [0.5, 0.6) is 5.75 Å². The highest BCUT2D eigenvalue weighted by Crippen LogP contribution is 2.32. The molecular formula is C14H10BrClN2O. The number of halogens is 2. The van der Waals surface area contributed by atoms with Gasteiger partial charge in [-0.25, -0.2) is 4.98 Å². The first-order valence-electron chi connectivity index (χ1n) is 5.65. The van der Waals surface area contributed by atoms with Gasteiger partial charge in [-0.2, -0.15) is 0 Å². The van der Waals surface area contributed by atoms with Crippen molar-refractivity contribution < 1.29 is 4.74 Å². The molecule has 0 aliphatic heterocycles. The Bertz CT molecular complexity index is 754. The van der Waals surface area contributed by atoms with Crippen molar-refractivity contribution in [3.8, 4) is 17.0 Å². The molecule has 0 saturated heterocycles. The average molecular weight is 338 g/mol. The summed E-state index contributed by atoms with van der Waals surface area (Å²) in [4.78, 5) is 4.58. The van der Waals surface area contributed by atoms with Crippen LogP contribution in [0.4, 0.5) is 0 Å². The number of rotatable bonds is 2. The van der Waals surface area contributed by atoms with Gasteiger partial charge in [0, 0.05) is 27.5 Å². The molecule has 0 bridgehead atoms. The number of fused-ring (bicyclic) bond motifs is 1. The second kappa shape index (κ2) is 4.87. The Morgan fingerprint density at radius 3 is 2.84 bits per heavy atom. The Hall–Kier alpha value is -1.52. The molecule has 5 heteroatoms. The highest BCUT2D eigenvalue weighted by molar-refractivity contribution is 9.10. The Morgan fingerprint density at radius 1 is 1.21 bits per heavy atom. The van der Waals surface area contributed by atoms with E-state index in [0.717, 1.165) is 27.1 Å². The molecule has 3 aromatic rings. The zero-order chi connectivity index (χ0) is 13.4. The third-order valence-corrected chi connectivity index (χ3v) is 3.56. The van der Waals surface area contributed by atoms with Gasteiger partial charge in [0.05, 0.1) is 12.8 Å². The van der Waals surface area contributed by atoms with Crippen molar-refractivity contribution in [1.82, 2.24) is 9.38 Å². The van der Waals surface area contributed by atoms with Crippen molar-refractivity contribution in [2.45, 2.75) is 0 Å². The van der Waals surface area contributed by atoms with Gasteiger partial charge in [0.1, 0.15) is 11.4 Å². The lowest BCUT2D eigenvalue weighted by atomic mass is 10.1. The van der Waals surface area contributed by atoms with Crippen LogP contribution in [0.25, 0.3) is 16.9 Å². The first-order chi connectivity index (χ1) is 9.17. The number of methoxy groups -OCH3 is 1. The predicted octanol–water partition coefficient (Wildman–Crippen LogP) is 4.43. The number of benzene rings is 1. The molecule has 19 heavy (non-hydrogen) atoms. The van der Waals surface area contributed by atoms with Gasteiger partial charge in [-0.1, -0.05) is 11.6 Å². The Balaban J connectivity index is 2.21. The van der Waals surface area contributed by atoms with Gasteiger partial charge < -0.3 is 9.14 Å². The van der Waals surface area contributed by atoms with Crippen LogP contribution >= 0.6 is 27.5 Å². The summed E-state index contributed by atoms with van der Waals surface area (Å²) in [6.45, 7) is 0. The lowest BCUT2D eigenvalue weighted by Crippen LogP contribution is -1.87. The molecule has 0 saturated carbocycles. The molecule has 0 aliphatic carbocycles. The van der Waals surface area contributed by atoms with E-state index in [2.05, 4.69) is 20.9 Å². The van der Waals surface area contributed by atoms with Crippen LogP contribution in [0.3, 0.4) is 0 Å². The number of pyridine rings is 1. The van der Waals surface area contributed by atoms with Crippen molar-refractivity contribution in [3.63, 3.8) is 0 Å². The first kappa shape index (κ1) is 12.5. The van der Waals surface area contributed by atoms with E-state index in [-0.39, 0.29) is 0 Å². The number of ether oxygens (including phenoxy) is 1. The maximum Gasteiger partial charge on any atom is 0.137 e. The Morgan fingerprint density at radius 2 is 2.05 bits per heavy atom. The molecule has 2 aromatic heterocycles. The highest BCUT2D eigenvalue weighted by atomic mass is 79.9. The smallest absolute Gasteiger partial charge is 0.137 e. The number of imidazole rings is 1. The van der Waals surface area contributed by atoms with E-state index in [0.29, 0.717) is 5.02 Å². The zero-order valence-electron chi connectivity index (χ0n) is 10.1. The molecule has 1 aromatic carbocycles. The van der Waals surface area contributed by atoms with Crippen LogP contribution in [0, 0.1) is 0 Å². The maximum atomic E-state index is 6.05. The second-order valence-electron chi connectivity index (χ2n) is 4.08. The van der Waals surface area contributed by atoms with E-state index in [4.69, 9.17) is 16.3 Å². The van der Waals surface area contributed by atoms with Crippen molar-refractivity contribution in [1.29, 1.82) is 0 Å². The van der Waals surface area contributed by atoms with Crippen LogP contribution in [0.2, 0.25) is 5.02 Å². The molecule has 0 unspecified atom stereocenters. The first-order valence-corrected chi connectivity index (χ1v) is 6.82. The highest BCUT2D eigenvalue weighted by Gasteiger charge is 2.10. The quantitative estimate of drug-likeness (QED) is 0.692. The lowest BCUT2D eigenvalue weighted by molar-refractivity contribution is 0.416. The standard InChI is InChI=1S/C14H10BrClN2O/c1-19-13-4-3-10(16)6-11(13)12-8-18-7-9(15)2-5-14(18)17-12/h2-8H,1H3. The van der Waals surface area contributed by atoms with Gasteiger partial charge in [-0.15, -0.1) is 0 Å². The minimum atomic E-state index is 0.661. The maximum absolute atomic E-state index is 6.05. The van der Waals surface area contributed by atoms with Crippen LogP contribution in [-0.2, 0) is 0 Å². The summed E-state index contributed by atoms with van der Waals surface area (Å²) in [5.74, 6) is 0.756. The van der Waals surface area contributed by atoms with Crippen molar-refractivity contribution >= 4 is 33.2 Å². The van der Waals surface area contributed by atoms with E-state index in [1.165, 1.54) is 0 Å². The summed E-state index contributed by atoms with van der Waals surface area (Å²) in [7, 11) is 1.64. The molecule has 0 fully saturated rings. The summed E-state index contributed by atoms with van der Waals surface area (Å²) in [5, 5.41) is 0.661. The van der Waals surface area contributed by atoms with Crippen LogP contribution < -0.4 is 4.74 Å². The van der Waals surface area contributed by atoms with E-state index in [1.807, 2.05) is 41.1 Å². The molecule has 3 rings (SSSR count). The molecular weight excluding hydrogens is 328 g/mol. The monoisotopic (exact) mass is 336 g/mol. The lowest BCUT2D eigenvalue weighted by Gasteiger charge is -2.05. The van der Waals surface area contributed by atoms with E-state index < -0.39 is 0 Å². The zero-order valence-corrected chi connectivity index (χ0v) is 12.4. The molecule has 96 valence electrons. The summed E-state index contributed by atoms with van der Waals surface area (Å²) in [6.07, 6.45) is 3.91. The number of hydrogen-bond acceptors (Lipinski definition) is 2. The summed E-state index contributed by atoms with van der Waals surface area (Å²) >= 11 is 9.49. The van der Waals surface area contributed by atoms with Gasteiger partial charge in [0.15, 0.2) is 0 Å². The van der Waals surface area contributed by atoms with E-state index in [1.54, 1.807) is 13.2 Å². The average Bonchev–Trinajstić information content (AvgIpc) is 2.81. The SMILES string of the molecule is COc1ccc(Cl)cc1-c1cn2cc(Br)ccc2n1. The van der Waals surface area contributed by atoms with E-state index >= 15 is 0 Å². The van der Waals surface area contributed by atoms with E-state index in [9.17, 15) is 0 Å². The van der Waals surface area contributed by atoms with Crippen molar-refractivity contribution in [2.75, 3.05) is 7.11 Å². The minimum absolute atomic E-state index is 0.661. The normalized spacial score (nSPS) is 10.9. The van der Waals surface area contributed by atoms with Gasteiger partial charge >= 0.3 is 0 Å². The molecule has 0 spiro atoms. The molecule has 0 N–H and O–H groups in total. The molecule has 3 nitrogen and oxygen atoms in total. The molecule has 0 amide bonds. The van der Waals surface area contributed by atoms with Gasteiger partial charge in [0.2, 0.25) is 0 Å². The van der Waals surface area contributed by atoms with Crippen molar-refractivity contribution in [3.05, 3.63) is 52.2 Å². The largest absolute Gasteiger partial charge is 0.496 e. The summed E-state index contributed by atoms with van der Waals surface area (Å²) in [5.41, 5.74) is 2.59. The number of hydrogen-bond donors (Lipinski definition) is 0. The fourth-order valence-electron chi connectivity index (χ4n) is 1.97. The number of aromatic nitrogens is 2. The molecule has 2 heterocycles. The third-order valence-electron chi connectivity index (χ3n) is 2.85. The summed E-state index contributed by atoms with van der Waals surface area (Å²) in [6, 6.07) is 9.41. The van der Waals surface area contributed by atoms with Gasteiger partial charge in [-0.3, -0.25) is 0 Å². The molecule has 0 radical (unpaired) electrons. The fraction of sp³-hybridized carbons (Fsp3) is 0.0714. The fourth-order valence-corrected chi connectivity index (χ4v) is 2.50. The van der Waals surface area contributed by atoms with Gasteiger partial charge in [0.25, 0.3) is 0 Å². The Kier molecular flexibility index (Phi) is 3.21. The van der Waals surface area contributed by atoms with Crippen molar-refractivity contribution in [2.24, 2.45) is 0 Å².